The number of nitrogens with one attached hydrogen (secondary N) is 1. The Hall–Kier alpha value is -3.68. The molecule has 1 unspecified atom stereocenters. The molecule has 2 aliphatic heterocycles. The van der Waals surface area contributed by atoms with Crippen molar-refractivity contribution in [3.63, 3.8) is 0 Å². The summed E-state index contributed by atoms with van der Waals surface area (Å²) in [7, 11) is 1.50. The van der Waals surface area contributed by atoms with Gasteiger partial charge < -0.3 is 10.2 Å². The summed E-state index contributed by atoms with van der Waals surface area (Å²) in [6, 6.07) is 15.5. The van der Waals surface area contributed by atoms with Gasteiger partial charge in [0.25, 0.3) is 11.8 Å². The quantitative estimate of drug-likeness (QED) is 0.628. The van der Waals surface area contributed by atoms with Crippen LogP contribution in [0.1, 0.15) is 49.5 Å². The molecular formula is C28H34N4O4. The average molecular weight is 491 g/mol. The van der Waals surface area contributed by atoms with Crippen molar-refractivity contribution >= 4 is 29.4 Å². The smallest absolute Gasteiger partial charge is 0.331 e. The van der Waals surface area contributed by atoms with Crippen LogP contribution in [0.3, 0.4) is 0 Å². The number of para-hydroxylation sites is 1. The number of amides is 5. The number of piperidine rings is 1. The van der Waals surface area contributed by atoms with Gasteiger partial charge in [0.2, 0.25) is 5.91 Å². The number of aryl methyl sites for hydroxylation is 1. The summed E-state index contributed by atoms with van der Waals surface area (Å²) in [5, 5.41) is 2.93. The number of carbonyl (C=O) groups excluding carboxylic acids is 4. The minimum atomic E-state index is -1.01. The second kappa shape index (κ2) is 10.1. The van der Waals surface area contributed by atoms with Crippen molar-refractivity contribution in [1.82, 2.24) is 15.1 Å². The van der Waals surface area contributed by atoms with Crippen LogP contribution < -0.4 is 10.2 Å². The lowest BCUT2D eigenvalue weighted by Gasteiger charge is -2.43. The summed E-state index contributed by atoms with van der Waals surface area (Å²) >= 11 is 0. The number of benzene rings is 2. The van der Waals surface area contributed by atoms with Crippen LogP contribution in [0.5, 0.6) is 0 Å². The van der Waals surface area contributed by atoms with Gasteiger partial charge in [-0.3, -0.25) is 24.2 Å². The van der Waals surface area contributed by atoms with E-state index in [-0.39, 0.29) is 29.7 Å². The second-order valence-electron chi connectivity index (χ2n) is 9.92. The zero-order chi connectivity index (χ0) is 26.0. The number of urea groups is 1. The number of nitrogens with zero attached hydrogens (tertiary/aromatic N) is 3. The molecule has 0 bridgehead atoms. The molecule has 8 heteroatoms. The highest BCUT2D eigenvalue weighted by Crippen LogP contribution is 2.40. The Kier molecular flexibility index (Phi) is 7.15. The Bertz CT molecular complexity index is 1160. The van der Waals surface area contributed by atoms with Gasteiger partial charge in [-0.05, 0) is 55.0 Å². The van der Waals surface area contributed by atoms with Gasteiger partial charge in [-0.15, -0.1) is 0 Å². The molecule has 1 N–H and O–H groups in total. The van der Waals surface area contributed by atoms with E-state index in [2.05, 4.69) is 5.32 Å². The van der Waals surface area contributed by atoms with E-state index in [4.69, 9.17) is 0 Å². The van der Waals surface area contributed by atoms with E-state index < -0.39 is 11.6 Å². The number of carbonyl (C=O) groups is 4. The highest BCUT2D eigenvalue weighted by atomic mass is 16.2. The molecule has 2 aromatic rings. The first kappa shape index (κ1) is 25.4. The molecule has 36 heavy (non-hydrogen) atoms. The van der Waals surface area contributed by atoms with Crippen LogP contribution in [-0.2, 0) is 16.0 Å². The second-order valence-corrected chi connectivity index (χ2v) is 9.92. The summed E-state index contributed by atoms with van der Waals surface area (Å²) in [6.45, 7) is 6.48. The summed E-state index contributed by atoms with van der Waals surface area (Å²) in [5.41, 5.74) is 1.24. The standard InChI is InChI=1S/C28H34N4O4/c1-5-20-10-9-11-21(18-20)24(33)29-23(19(2)3)25(34)31-16-14-28(15-17-31)26(35)30(4)27(36)32(28)22-12-7-6-8-13-22/h6-13,18-19,23H,5,14-17H2,1-4H3,(H,29,33). The zero-order valence-corrected chi connectivity index (χ0v) is 21.4. The Morgan fingerprint density at radius 3 is 2.28 bits per heavy atom. The summed E-state index contributed by atoms with van der Waals surface area (Å²) < 4.78 is 0. The minimum absolute atomic E-state index is 0.117. The van der Waals surface area contributed by atoms with Crippen molar-refractivity contribution < 1.29 is 19.2 Å². The van der Waals surface area contributed by atoms with Crippen molar-refractivity contribution in [1.29, 1.82) is 0 Å². The topological polar surface area (TPSA) is 90.0 Å². The van der Waals surface area contributed by atoms with E-state index >= 15 is 0 Å². The number of anilines is 1. The first-order chi connectivity index (χ1) is 17.2. The van der Waals surface area contributed by atoms with Crippen LogP contribution in [0.25, 0.3) is 0 Å². The van der Waals surface area contributed by atoms with Gasteiger partial charge in [-0.25, -0.2) is 4.79 Å². The Morgan fingerprint density at radius 2 is 1.67 bits per heavy atom. The van der Waals surface area contributed by atoms with E-state index in [1.165, 1.54) is 11.9 Å². The number of rotatable bonds is 6. The average Bonchev–Trinajstić information content (AvgIpc) is 3.07. The third kappa shape index (κ3) is 4.47. The van der Waals surface area contributed by atoms with Gasteiger partial charge in [-0.1, -0.05) is 51.1 Å². The number of likely N-dealkylation sites (tertiary alicyclic amines) is 1. The Labute approximate surface area is 212 Å². The Morgan fingerprint density at radius 1 is 1.00 bits per heavy atom. The lowest BCUT2D eigenvalue weighted by atomic mass is 9.85. The predicted molar refractivity (Wildman–Crippen MR) is 138 cm³/mol. The molecule has 0 radical (unpaired) electrons. The SMILES string of the molecule is CCc1cccc(C(=O)NC(C(=O)N2CCC3(CC2)C(=O)N(C)C(=O)N3c2ccccc2)C(C)C)c1. The molecule has 0 aliphatic carbocycles. The van der Waals surface area contributed by atoms with Gasteiger partial charge in [0.05, 0.1) is 0 Å². The van der Waals surface area contributed by atoms with E-state index in [0.29, 0.717) is 37.2 Å². The molecule has 2 aromatic carbocycles. The van der Waals surface area contributed by atoms with Gasteiger partial charge in [-0.2, -0.15) is 0 Å². The maximum absolute atomic E-state index is 13.5. The number of likely N-dealkylation sites (N-methyl/N-ethyl adjacent to an activating group) is 1. The molecule has 2 aliphatic rings. The molecule has 5 amide bonds. The highest BCUT2D eigenvalue weighted by Gasteiger charge is 2.58. The predicted octanol–water partition coefficient (Wildman–Crippen LogP) is 3.46. The third-order valence-electron chi connectivity index (χ3n) is 7.34. The summed E-state index contributed by atoms with van der Waals surface area (Å²) in [6.07, 6.45) is 1.49. The maximum atomic E-state index is 13.5. The molecule has 8 nitrogen and oxygen atoms in total. The van der Waals surface area contributed by atoms with Crippen molar-refractivity contribution in [2.75, 3.05) is 25.0 Å². The lowest BCUT2D eigenvalue weighted by Crippen LogP contribution is -2.60. The van der Waals surface area contributed by atoms with Gasteiger partial charge >= 0.3 is 6.03 Å². The summed E-state index contributed by atoms with van der Waals surface area (Å²) in [4.78, 5) is 57.2. The molecular weight excluding hydrogens is 456 g/mol. The first-order valence-corrected chi connectivity index (χ1v) is 12.6. The molecule has 2 heterocycles. The third-order valence-corrected chi connectivity index (χ3v) is 7.34. The van der Waals surface area contributed by atoms with Crippen LogP contribution in [0.2, 0.25) is 0 Å². The molecule has 1 spiro atoms. The van der Waals surface area contributed by atoms with Crippen LogP contribution >= 0.6 is 0 Å². The van der Waals surface area contributed by atoms with Crippen molar-refractivity contribution in [2.45, 2.75) is 51.6 Å². The fourth-order valence-corrected chi connectivity index (χ4v) is 5.16. The zero-order valence-electron chi connectivity index (χ0n) is 21.4. The van der Waals surface area contributed by atoms with Gasteiger partial charge in [0, 0.05) is 31.4 Å². The largest absolute Gasteiger partial charge is 0.341 e. The number of hydrogen-bond donors (Lipinski definition) is 1. The maximum Gasteiger partial charge on any atom is 0.331 e. The molecule has 1 atom stereocenters. The lowest BCUT2D eigenvalue weighted by molar-refractivity contribution is -0.139. The first-order valence-electron chi connectivity index (χ1n) is 12.6. The molecule has 2 fully saturated rings. The Balaban J connectivity index is 1.50. The van der Waals surface area contributed by atoms with Crippen LogP contribution in [0, 0.1) is 5.92 Å². The van der Waals surface area contributed by atoms with Crippen molar-refractivity contribution in [3.8, 4) is 0 Å². The fourth-order valence-electron chi connectivity index (χ4n) is 5.16. The van der Waals surface area contributed by atoms with Crippen LogP contribution in [0.15, 0.2) is 54.6 Å². The van der Waals surface area contributed by atoms with Crippen molar-refractivity contribution in [3.05, 3.63) is 65.7 Å². The van der Waals surface area contributed by atoms with E-state index in [0.717, 1.165) is 12.0 Å². The minimum Gasteiger partial charge on any atom is -0.341 e. The number of imide groups is 1. The molecule has 2 saturated heterocycles. The molecule has 190 valence electrons. The van der Waals surface area contributed by atoms with Crippen molar-refractivity contribution in [2.24, 2.45) is 5.92 Å². The number of hydrogen-bond acceptors (Lipinski definition) is 4. The van der Waals surface area contributed by atoms with Crippen LogP contribution in [-0.4, -0.2) is 65.3 Å². The van der Waals surface area contributed by atoms with E-state index in [9.17, 15) is 19.2 Å². The van der Waals surface area contributed by atoms with Gasteiger partial charge in [0.1, 0.15) is 11.6 Å². The van der Waals surface area contributed by atoms with E-state index in [1.54, 1.807) is 15.9 Å². The van der Waals surface area contributed by atoms with E-state index in [1.807, 2.05) is 69.3 Å². The van der Waals surface area contributed by atoms with Gasteiger partial charge in [0.15, 0.2) is 0 Å². The summed E-state index contributed by atoms with van der Waals surface area (Å²) in [5.74, 6) is -0.809. The highest BCUT2D eigenvalue weighted by molar-refractivity contribution is 6.16. The fraction of sp³-hybridized carbons (Fsp3) is 0.429. The normalized spacial score (nSPS) is 18.2. The monoisotopic (exact) mass is 490 g/mol. The molecule has 4 rings (SSSR count). The molecule has 0 aromatic heterocycles. The van der Waals surface area contributed by atoms with Crippen LogP contribution in [0.4, 0.5) is 10.5 Å². The molecule has 0 saturated carbocycles.